The Kier molecular flexibility index (Phi) is 3.47. The van der Waals surface area contributed by atoms with Crippen LogP contribution in [0.25, 0.3) is 0 Å². The minimum atomic E-state index is 0.209. The van der Waals surface area contributed by atoms with E-state index in [0.717, 1.165) is 23.5 Å². The van der Waals surface area contributed by atoms with Crippen LogP contribution in [0.2, 0.25) is 0 Å². The molecule has 1 saturated carbocycles. The van der Waals surface area contributed by atoms with Gasteiger partial charge in [0.15, 0.2) is 5.78 Å². The van der Waals surface area contributed by atoms with Crippen LogP contribution in [0.3, 0.4) is 0 Å². The molecule has 0 aromatic rings. The molecule has 13 heavy (non-hydrogen) atoms. The standard InChI is InChI=1S/C12H18O/c1-9(2)12(10(3)13)6-4-5-11-7-8-11/h4-5,11H,6-8H2,1-3H3. The number of hydrogen-bond acceptors (Lipinski definition) is 1. The molecule has 0 heterocycles. The highest BCUT2D eigenvalue weighted by atomic mass is 16.1. The summed E-state index contributed by atoms with van der Waals surface area (Å²) in [5, 5.41) is 0. The second-order valence-corrected chi connectivity index (χ2v) is 4.00. The number of rotatable bonds is 4. The molecule has 0 aliphatic heterocycles. The van der Waals surface area contributed by atoms with E-state index in [9.17, 15) is 4.79 Å². The zero-order chi connectivity index (χ0) is 9.84. The molecule has 1 aliphatic carbocycles. The van der Waals surface area contributed by atoms with Crippen molar-refractivity contribution in [1.82, 2.24) is 0 Å². The fourth-order valence-corrected chi connectivity index (χ4v) is 1.37. The van der Waals surface area contributed by atoms with Gasteiger partial charge < -0.3 is 0 Å². The zero-order valence-electron chi connectivity index (χ0n) is 8.76. The normalized spacial score (nSPS) is 16.2. The molecule has 0 unspecified atom stereocenters. The van der Waals surface area contributed by atoms with Gasteiger partial charge in [0.1, 0.15) is 0 Å². The highest BCUT2D eigenvalue weighted by Crippen LogP contribution is 2.30. The van der Waals surface area contributed by atoms with E-state index in [1.807, 2.05) is 13.8 Å². The van der Waals surface area contributed by atoms with Crippen molar-refractivity contribution >= 4 is 5.78 Å². The first kappa shape index (κ1) is 10.2. The van der Waals surface area contributed by atoms with Crippen molar-refractivity contribution in [2.45, 2.75) is 40.0 Å². The fraction of sp³-hybridized carbons (Fsp3) is 0.583. The molecule has 0 radical (unpaired) electrons. The van der Waals surface area contributed by atoms with Gasteiger partial charge in [-0.2, -0.15) is 0 Å². The highest BCUT2D eigenvalue weighted by Gasteiger charge is 2.16. The molecule has 0 amide bonds. The third kappa shape index (κ3) is 3.58. The van der Waals surface area contributed by atoms with Gasteiger partial charge in [0, 0.05) is 0 Å². The molecule has 0 atom stereocenters. The van der Waals surface area contributed by atoms with Crippen LogP contribution in [-0.2, 0) is 4.79 Å². The molecule has 0 N–H and O–H groups in total. The van der Waals surface area contributed by atoms with Gasteiger partial charge >= 0.3 is 0 Å². The Labute approximate surface area is 80.5 Å². The van der Waals surface area contributed by atoms with Gasteiger partial charge in [-0.15, -0.1) is 0 Å². The van der Waals surface area contributed by atoms with E-state index in [4.69, 9.17) is 0 Å². The molecule has 1 heteroatoms. The summed E-state index contributed by atoms with van der Waals surface area (Å²) >= 11 is 0. The maximum Gasteiger partial charge on any atom is 0.156 e. The number of carbonyl (C=O) groups is 1. The van der Waals surface area contributed by atoms with Crippen molar-refractivity contribution in [3.05, 3.63) is 23.3 Å². The maximum absolute atomic E-state index is 11.2. The van der Waals surface area contributed by atoms with E-state index in [1.165, 1.54) is 12.8 Å². The number of allylic oxidation sites excluding steroid dienone is 4. The summed E-state index contributed by atoms with van der Waals surface area (Å²) in [7, 11) is 0. The lowest BCUT2D eigenvalue weighted by molar-refractivity contribution is -0.113. The summed E-state index contributed by atoms with van der Waals surface area (Å²) in [6, 6.07) is 0. The number of carbonyl (C=O) groups excluding carboxylic acids is 1. The molecular weight excluding hydrogens is 160 g/mol. The lowest BCUT2D eigenvalue weighted by atomic mass is 10.0. The Hall–Kier alpha value is -0.850. The summed E-state index contributed by atoms with van der Waals surface area (Å²) in [5.74, 6) is 1.02. The third-order valence-corrected chi connectivity index (χ3v) is 2.38. The summed E-state index contributed by atoms with van der Waals surface area (Å²) in [4.78, 5) is 11.2. The van der Waals surface area contributed by atoms with Crippen LogP contribution >= 0.6 is 0 Å². The monoisotopic (exact) mass is 178 g/mol. The first-order valence-electron chi connectivity index (χ1n) is 4.95. The summed E-state index contributed by atoms with van der Waals surface area (Å²) < 4.78 is 0. The van der Waals surface area contributed by atoms with Crippen LogP contribution < -0.4 is 0 Å². The minimum absolute atomic E-state index is 0.209. The fourth-order valence-electron chi connectivity index (χ4n) is 1.37. The van der Waals surface area contributed by atoms with Crippen molar-refractivity contribution in [2.75, 3.05) is 0 Å². The second kappa shape index (κ2) is 4.40. The Bertz CT molecular complexity index is 250. The van der Waals surface area contributed by atoms with Crippen LogP contribution in [-0.4, -0.2) is 5.78 Å². The van der Waals surface area contributed by atoms with Crippen LogP contribution in [0.1, 0.15) is 40.0 Å². The Balaban J connectivity index is 2.47. The molecular formula is C12H18O. The van der Waals surface area contributed by atoms with Crippen molar-refractivity contribution < 1.29 is 4.79 Å². The third-order valence-electron chi connectivity index (χ3n) is 2.38. The first-order valence-corrected chi connectivity index (χ1v) is 4.95. The van der Waals surface area contributed by atoms with Gasteiger partial charge in [-0.25, -0.2) is 0 Å². The molecule has 0 bridgehead atoms. The van der Waals surface area contributed by atoms with E-state index >= 15 is 0 Å². The van der Waals surface area contributed by atoms with E-state index in [1.54, 1.807) is 6.92 Å². The molecule has 1 fully saturated rings. The van der Waals surface area contributed by atoms with Gasteiger partial charge in [-0.3, -0.25) is 4.79 Å². The molecule has 0 aromatic carbocycles. The van der Waals surface area contributed by atoms with Crippen molar-refractivity contribution in [1.29, 1.82) is 0 Å². The minimum Gasteiger partial charge on any atom is -0.295 e. The van der Waals surface area contributed by atoms with E-state index in [0.29, 0.717) is 0 Å². The van der Waals surface area contributed by atoms with Gasteiger partial charge in [-0.05, 0) is 51.5 Å². The van der Waals surface area contributed by atoms with Gasteiger partial charge in [-0.1, -0.05) is 17.7 Å². The molecule has 0 aromatic heterocycles. The van der Waals surface area contributed by atoms with E-state index in [2.05, 4.69) is 12.2 Å². The second-order valence-electron chi connectivity index (χ2n) is 4.00. The lowest BCUT2D eigenvalue weighted by Crippen LogP contribution is -1.97. The topological polar surface area (TPSA) is 17.1 Å². The van der Waals surface area contributed by atoms with Crippen LogP contribution in [0.5, 0.6) is 0 Å². The largest absolute Gasteiger partial charge is 0.295 e. The average molecular weight is 178 g/mol. The summed E-state index contributed by atoms with van der Waals surface area (Å²) in [5.41, 5.74) is 2.12. The molecule has 1 aliphatic rings. The first-order chi connectivity index (χ1) is 6.11. The lowest BCUT2D eigenvalue weighted by Gasteiger charge is -2.01. The highest BCUT2D eigenvalue weighted by molar-refractivity contribution is 5.94. The molecule has 0 spiro atoms. The Morgan fingerprint density at radius 1 is 1.31 bits per heavy atom. The summed E-state index contributed by atoms with van der Waals surface area (Å²) in [6.07, 6.45) is 7.86. The van der Waals surface area contributed by atoms with Gasteiger partial charge in [0.05, 0.1) is 0 Å². The molecule has 1 rings (SSSR count). The smallest absolute Gasteiger partial charge is 0.156 e. The SMILES string of the molecule is CC(=O)C(CC=CC1CC1)=C(C)C. The van der Waals surface area contributed by atoms with Crippen molar-refractivity contribution in [2.24, 2.45) is 5.92 Å². The zero-order valence-corrected chi connectivity index (χ0v) is 8.76. The number of Topliss-reactive ketones (excluding diaryl/α,β-unsaturated/α-hetero) is 1. The van der Waals surface area contributed by atoms with Crippen LogP contribution in [0.4, 0.5) is 0 Å². The average Bonchev–Trinajstić information content (AvgIpc) is 2.79. The predicted octanol–water partition coefficient (Wildman–Crippen LogP) is 3.27. The van der Waals surface area contributed by atoms with Crippen LogP contribution in [0, 0.1) is 5.92 Å². The Morgan fingerprint density at radius 2 is 1.92 bits per heavy atom. The van der Waals surface area contributed by atoms with Crippen molar-refractivity contribution in [3.63, 3.8) is 0 Å². The van der Waals surface area contributed by atoms with E-state index in [-0.39, 0.29) is 5.78 Å². The number of hydrogen-bond donors (Lipinski definition) is 0. The Morgan fingerprint density at radius 3 is 2.31 bits per heavy atom. The predicted molar refractivity (Wildman–Crippen MR) is 55.5 cm³/mol. The quantitative estimate of drug-likeness (QED) is 0.477. The molecule has 72 valence electrons. The maximum atomic E-state index is 11.2. The van der Waals surface area contributed by atoms with Gasteiger partial charge in [0.25, 0.3) is 0 Å². The molecule has 0 saturated heterocycles. The van der Waals surface area contributed by atoms with E-state index < -0.39 is 0 Å². The van der Waals surface area contributed by atoms with Gasteiger partial charge in [0.2, 0.25) is 0 Å². The molecule has 1 nitrogen and oxygen atoms in total. The summed E-state index contributed by atoms with van der Waals surface area (Å²) in [6.45, 7) is 5.65. The van der Waals surface area contributed by atoms with Crippen molar-refractivity contribution in [3.8, 4) is 0 Å². The number of ketones is 1. The van der Waals surface area contributed by atoms with Crippen LogP contribution in [0.15, 0.2) is 23.3 Å².